The molecule has 2 N–H and O–H groups in total. The van der Waals surface area contributed by atoms with Crippen molar-refractivity contribution in [3.8, 4) is 11.1 Å². The van der Waals surface area contributed by atoms with E-state index in [0.717, 1.165) is 22.4 Å². The van der Waals surface area contributed by atoms with Gasteiger partial charge >= 0.3 is 0 Å². The molecule has 7 nitrogen and oxygen atoms in total. The number of pyridine rings is 1. The number of carbonyl (C=O) groups is 1. The normalized spacial score (nSPS) is 18.1. The van der Waals surface area contributed by atoms with Crippen LogP contribution in [0.3, 0.4) is 0 Å². The first-order chi connectivity index (χ1) is 16.1. The lowest BCUT2D eigenvalue weighted by atomic mass is 9.96. The third-order valence-electron chi connectivity index (χ3n) is 6.56. The second-order valence-electron chi connectivity index (χ2n) is 9.03. The summed E-state index contributed by atoms with van der Waals surface area (Å²) in [5.41, 5.74) is 4.43. The summed E-state index contributed by atoms with van der Waals surface area (Å²) in [6.45, 7) is 4.81. The Morgan fingerprint density at radius 1 is 1.12 bits per heavy atom. The molecule has 1 amide bonds. The number of hydrogen-bond acceptors (Lipinski definition) is 5. The molecule has 0 saturated carbocycles. The summed E-state index contributed by atoms with van der Waals surface area (Å²) < 4.78 is 23.9. The first kappa shape index (κ1) is 22.8. The van der Waals surface area contributed by atoms with Crippen LogP contribution in [0.15, 0.2) is 59.6 Å². The summed E-state index contributed by atoms with van der Waals surface area (Å²) in [7, 11) is -3.97. The van der Waals surface area contributed by atoms with Gasteiger partial charge in [-0.1, -0.05) is 41.9 Å². The average molecular weight is 497 g/mol. The van der Waals surface area contributed by atoms with Gasteiger partial charge in [-0.2, -0.15) is 0 Å². The lowest BCUT2D eigenvalue weighted by Crippen LogP contribution is -2.56. The molecule has 176 valence electrons. The lowest BCUT2D eigenvalue weighted by Gasteiger charge is -2.42. The van der Waals surface area contributed by atoms with Crippen LogP contribution in [0.2, 0.25) is 5.02 Å². The number of anilines is 2. The number of nitrogens with two attached hydrogens (primary N) is 1. The van der Waals surface area contributed by atoms with E-state index in [-0.39, 0.29) is 22.9 Å². The van der Waals surface area contributed by atoms with Crippen molar-refractivity contribution in [3.05, 3.63) is 70.7 Å². The average Bonchev–Trinajstić information content (AvgIpc) is 3.06. The Kier molecular flexibility index (Phi) is 5.62. The van der Waals surface area contributed by atoms with Gasteiger partial charge in [0.15, 0.2) is 5.03 Å². The molecule has 34 heavy (non-hydrogen) atoms. The number of fused-ring (bicyclic) bond motifs is 1. The Morgan fingerprint density at radius 2 is 1.79 bits per heavy atom. The topological polar surface area (TPSA) is 96.6 Å². The molecule has 0 bridgehead atoms. The van der Waals surface area contributed by atoms with Gasteiger partial charge in [-0.05, 0) is 61.2 Å². The van der Waals surface area contributed by atoms with Crippen molar-refractivity contribution in [1.29, 1.82) is 0 Å². The van der Waals surface area contributed by atoms with Crippen molar-refractivity contribution in [2.45, 2.75) is 31.3 Å². The number of aromatic nitrogens is 1. The van der Waals surface area contributed by atoms with E-state index in [1.165, 1.54) is 0 Å². The van der Waals surface area contributed by atoms with Crippen LogP contribution in [0.5, 0.6) is 0 Å². The molecule has 9 heteroatoms. The number of sulfonamides is 1. The monoisotopic (exact) mass is 496 g/mol. The number of aryl methyl sites for hydroxylation is 1. The van der Waals surface area contributed by atoms with Crippen LogP contribution in [0.25, 0.3) is 11.1 Å². The Balaban J connectivity index is 1.31. The Labute approximate surface area is 204 Å². The third-order valence-corrected chi connectivity index (χ3v) is 7.84. The second-order valence-corrected chi connectivity index (χ2v) is 10.9. The van der Waals surface area contributed by atoms with E-state index in [4.69, 9.17) is 16.7 Å². The number of rotatable bonds is 4. The van der Waals surface area contributed by atoms with Crippen LogP contribution in [0.1, 0.15) is 18.1 Å². The summed E-state index contributed by atoms with van der Waals surface area (Å²) in [4.78, 5) is 21.5. The largest absolute Gasteiger partial charge is 0.370 e. The van der Waals surface area contributed by atoms with E-state index in [0.29, 0.717) is 35.9 Å². The molecule has 0 spiro atoms. The predicted molar refractivity (Wildman–Crippen MR) is 134 cm³/mol. The Morgan fingerprint density at radius 3 is 2.44 bits per heavy atom. The van der Waals surface area contributed by atoms with E-state index in [1.54, 1.807) is 17.9 Å². The lowest BCUT2D eigenvalue weighted by molar-refractivity contribution is -0.123. The number of amides is 1. The first-order valence-electron chi connectivity index (χ1n) is 11.1. The van der Waals surface area contributed by atoms with E-state index in [2.05, 4.69) is 9.88 Å². The number of primary sulfonamides is 1. The predicted octanol–water partition coefficient (Wildman–Crippen LogP) is 3.77. The summed E-state index contributed by atoms with van der Waals surface area (Å²) in [5, 5.41) is 5.87. The molecular weight excluding hydrogens is 472 g/mol. The zero-order chi connectivity index (χ0) is 24.2. The van der Waals surface area contributed by atoms with Crippen LogP contribution >= 0.6 is 11.6 Å². The zero-order valence-corrected chi connectivity index (χ0v) is 20.5. The fourth-order valence-electron chi connectivity index (χ4n) is 4.82. The minimum absolute atomic E-state index is 0.0353. The van der Waals surface area contributed by atoms with E-state index >= 15 is 0 Å². The SMILES string of the molecule is Cc1cc2c(nc1S(N)(=O)=O)N(C(=O)C1CN(c3ccc(-c4ccccc4Cl)cc3)C1)C(C)C2. The molecular formula is C25H25ClN4O3S. The summed E-state index contributed by atoms with van der Waals surface area (Å²) in [6.07, 6.45) is 0.639. The van der Waals surface area contributed by atoms with Crippen LogP contribution in [0, 0.1) is 12.8 Å². The van der Waals surface area contributed by atoms with Gasteiger partial charge in [0.2, 0.25) is 5.91 Å². The molecule has 3 aromatic rings. The summed E-state index contributed by atoms with van der Waals surface area (Å²) >= 11 is 6.31. The van der Waals surface area contributed by atoms with Crippen molar-refractivity contribution in [3.63, 3.8) is 0 Å². The van der Waals surface area contributed by atoms with E-state index in [1.807, 2.05) is 55.5 Å². The van der Waals surface area contributed by atoms with Crippen molar-refractivity contribution in [2.24, 2.45) is 11.1 Å². The molecule has 5 rings (SSSR count). The zero-order valence-electron chi connectivity index (χ0n) is 18.9. The van der Waals surface area contributed by atoms with Gasteiger partial charge in [-0.25, -0.2) is 18.5 Å². The number of carbonyl (C=O) groups excluding carboxylic acids is 1. The maximum absolute atomic E-state index is 13.4. The molecule has 2 aromatic carbocycles. The minimum atomic E-state index is -3.97. The van der Waals surface area contributed by atoms with Gasteiger partial charge < -0.3 is 4.90 Å². The standard InChI is InChI=1S/C25H25ClN4O3S/c1-15-11-18-12-16(2)30(23(18)28-24(15)34(27,32)33)25(31)19-13-29(14-19)20-9-7-17(8-10-20)21-5-3-4-6-22(21)26/h3-11,16,19H,12-14H2,1-2H3,(H2,27,32,33). The molecule has 1 unspecified atom stereocenters. The summed E-state index contributed by atoms with van der Waals surface area (Å²) in [6, 6.07) is 17.6. The molecule has 1 fully saturated rings. The quantitative estimate of drug-likeness (QED) is 0.593. The van der Waals surface area contributed by atoms with Gasteiger partial charge in [-0.3, -0.25) is 9.69 Å². The maximum Gasteiger partial charge on any atom is 0.255 e. The minimum Gasteiger partial charge on any atom is -0.370 e. The molecule has 1 aromatic heterocycles. The van der Waals surface area contributed by atoms with E-state index < -0.39 is 10.0 Å². The van der Waals surface area contributed by atoms with Gasteiger partial charge in [0, 0.05) is 35.4 Å². The highest BCUT2D eigenvalue weighted by atomic mass is 35.5. The van der Waals surface area contributed by atoms with Gasteiger partial charge in [-0.15, -0.1) is 0 Å². The first-order valence-corrected chi connectivity index (χ1v) is 13.0. The van der Waals surface area contributed by atoms with Crippen molar-refractivity contribution < 1.29 is 13.2 Å². The fraction of sp³-hybridized carbons (Fsp3) is 0.280. The molecule has 1 saturated heterocycles. The Hall–Kier alpha value is -2.94. The smallest absolute Gasteiger partial charge is 0.255 e. The number of halogens is 1. The number of hydrogen-bond donors (Lipinski definition) is 1. The molecule has 2 aliphatic rings. The number of benzene rings is 2. The molecule has 0 aliphatic carbocycles. The van der Waals surface area contributed by atoms with Gasteiger partial charge in [0.05, 0.1) is 5.92 Å². The highest BCUT2D eigenvalue weighted by Gasteiger charge is 2.41. The summed E-state index contributed by atoms with van der Waals surface area (Å²) in [5.74, 6) is 0.194. The molecule has 1 atom stereocenters. The maximum atomic E-state index is 13.4. The Bertz CT molecular complexity index is 1390. The highest BCUT2D eigenvalue weighted by molar-refractivity contribution is 7.89. The van der Waals surface area contributed by atoms with Crippen LogP contribution in [-0.4, -0.2) is 38.4 Å². The van der Waals surface area contributed by atoms with Gasteiger partial charge in [0.1, 0.15) is 5.82 Å². The highest BCUT2D eigenvalue weighted by Crippen LogP contribution is 2.36. The van der Waals surface area contributed by atoms with Crippen molar-refractivity contribution in [1.82, 2.24) is 4.98 Å². The third kappa shape index (κ3) is 3.96. The number of nitrogens with zero attached hydrogens (tertiary/aromatic N) is 3. The van der Waals surface area contributed by atoms with Crippen LogP contribution in [0.4, 0.5) is 11.5 Å². The molecule has 0 radical (unpaired) electrons. The second kappa shape index (κ2) is 8.37. The van der Waals surface area contributed by atoms with Crippen LogP contribution < -0.4 is 14.9 Å². The van der Waals surface area contributed by atoms with Gasteiger partial charge in [0.25, 0.3) is 10.0 Å². The molecule has 2 aliphatic heterocycles. The van der Waals surface area contributed by atoms with Crippen molar-refractivity contribution in [2.75, 3.05) is 22.9 Å². The fourth-order valence-corrected chi connectivity index (χ4v) is 5.79. The van der Waals surface area contributed by atoms with Crippen LogP contribution in [-0.2, 0) is 21.2 Å². The molecule has 3 heterocycles. The van der Waals surface area contributed by atoms with E-state index in [9.17, 15) is 13.2 Å². The van der Waals surface area contributed by atoms with Crippen molar-refractivity contribution >= 4 is 39.0 Å².